The second-order valence-electron chi connectivity index (χ2n) is 16.8. The van der Waals surface area contributed by atoms with Crippen LogP contribution in [0.3, 0.4) is 0 Å². The molecule has 9 heteroatoms. The first-order valence-electron chi connectivity index (χ1n) is 17.1. The first-order valence-corrected chi connectivity index (χ1v) is 19.0. The van der Waals surface area contributed by atoms with Crippen molar-refractivity contribution in [2.75, 3.05) is 7.11 Å². The lowest BCUT2D eigenvalue weighted by Crippen LogP contribution is -2.14. The highest BCUT2D eigenvalue weighted by Gasteiger charge is 2.34. The van der Waals surface area contributed by atoms with E-state index in [0.29, 0.717) is 21.2 Å². The number of nitriles is 1. The number of nitrogens with zero attached hydrogens (tertiary/aromatic N) is 1. The zero-order chi connectivity index (χ0) is 41.3. The number of alkyl halides is 3. The average molecular weight is 856 g/mol. The number of hydrogen-bond acceptors (Lipinski definition) is 2. The van der Waals surface area contributed by atoms with Crippen LogP contribution >= 0.6 is 50.7 Å². The summed E-state index contributed by atoms with van der Waals surface area (Å²) in [5.41, 5.74) is 5.61. The molecular formula is C44H54BrCl3F3NO. The molecule has 0 spiro atoms. The van der Waals surface area contributed by atoms with E-state index in [1.807, 2.05) is 64.1 Å². The minimum absolute atomic E-state index is 0.0657. The molecular weight excluding hydrogens is 802 g/mol. The van der Waals surface area contributed by atoms with E-state index >= 15 is 0 Å². The van der Waals surface area contributed by atoms with Crippen LogP contribution in [0.5, 0.6) is 5.75 Å². The van der Waals surface area contributed by atoms with Gasteiger partial charge in [0.2, 0.25) is 0 Å². The number of methoxy groups -OCH3 is 1. The number of hydrogen-bond donors (Lipinski definition) is 0. The van der Waals surface area contributed by atoms with Gasteiger partial charge in [-0.1, -0.05) is 164 Å². The van der Waals surface area contributed by atoms with Crippen molar-refractivity contribution < 1.29 is 17.9 Å². The van der Waals surface area contributed by atoms with Crippen LogP contribution in [0.2, 0.25) is 15.1 Å². The zero-order valence-corrected chi connectivity index (χ0v) is 37.3. The van der Waals surface area contributed by atoms with E-state index in [2.05, 4.69) is 96.4 Å². The van der Waals surface area contributed by atoms with Crippen molar-refractivity contribution in [1.29, 1.82) is 5.26 Å². The molecule has 4 rings (SSSR count). The van der Waals surface area contributed by atoms with Crippen LogP contribution in [-0.2, 0) is 27.8 Å². The molecule has 0 atom stereocenters. The molecule has 4 aromatic carbocycles. The Morgan fingerprint density at radius 2 is 0.943 bits per heavy atom. The zero-order valence-electron chi connectivity index (χ0n) is 33.4. The Hall–Kier alpha value is -2.69. The molecule has 0 amide bonds. The highest BCUT2D eigenvalue weighted by Crippen LogP contribution is 2.37. The van der Waals surface area contributed by atoms with Crippen LogP contribution in [-0.4, -0.2) is 7.11 Å². The Balaban J connectivity index is 0.000000354. The molecule has 290 valence electrons. The number of aryl methyl sites for hydroxylation is 1. The maximum Gasteiger partial charge on any atom is 0.417 e. The summed E-state index contributed by atoms with van der Waals surface area (Å²) in [6, 6.07) is 24.1. The van der Waals surface area contributed by atoms with E-state index in [4.69, 9.17) is 44.8 Å². The van der Waals surface area contributed by atoms with Gasteiger partial charge in [0.05, 0.1) is 28.3 Å². The molecule has 0 aliphatic rings. The second-order valence-corrected chi connectivity index (χ2v) is 18.9. The van der Waals surface area contributed by atoms with Gasteiger partial charge >= 0.3 is 6.18 Å². The standard InChI is InChI=1S/C11H12BrF3.C11H12ClN.C11H15ClO.C11H15Cl/c1-10(2,3)7-4-5-9(12)8(6-7)11(13,14)15;1-11(2,3)9-4-5-10(12)8(6-9)7-13;1-11(2,3)8-5-6-9(12)10(7-8)13-4;1-8-7-9(11(2,3)4)5-6-10(8)12/h4-6H,1-3H3;4-6H,1-3H3;5-7H,1-4H3;5-7H,1-4H3. The minimum atomic E-state index is -4.31. The quantitative estimate of drug-likeness (QED) is 0.191. The third-order valence-electron chi connectivity index (χ3n) is 8.13. The maximum absolute atomic E-state index is 12.6. The van der Waals surface area contributed by atoms with Gasteiger partial charge < -0.3 is 4.74 Å². The molecule has 0 unspecified atom stereocenters. The summed E-state index contributed by atoms with van der Waals surface area (Å²) < 4.78 is 43.0. The van der Waals surface area contributed by atoms with Crippen LogP contribution in [0.25, 0.3) is 0 Å². The van der Waals surface area contributed by atoms with Crippen molar-refractivity contribution in [2.45, 2.75) is 118 Å². The van der Waals surface area contributed by atoms with Crippen LogP contribution in [0.4, 0.5) is 13.2 Å². The first kappa shape index (κ1) is 48.3. The fourth-order valence-electron chi connectivity index (χ4n) is 4.52. The smallest absolute Gasteiger partial charge is 0.417 e. The molecule has 0 aliphatic carbocycles. The molecule has 0 aliphatic heterocycles. The number of ether oxygens (including phenoxy) is 1. The number of benzene rings is 4. The van der Waals surface area contributed by atoms with Gasteiger partial charge in [0, 0.05) is 9.50 Å². The highest BCUT2D eigenvalue weighted by atomic mass is 79.9. The van der Waals surface area contributed by atoms with Crippen molar-refractivity contribution in [2.24, 2.45) is 0 Å². The molecule has 0 heterocycles. The third kappa shape index (κ3) is 15.9. The molecule has 4 aromatic rings. The Labute approximate surface area is 340 Å². The van der Waals surface area contributed by atoms with Gasteiger partial charge in [-0.15, -0.1) is 0 Å². The van der Waals surface area contributed by atoms with Crippen molar-refractivity contribution >= 4 is 50.7 Å². The highest BCUT2D eigenvalue weighted by molar-refractivity contribution is 9.10. The van der Waals surface area contributed by atoms with E-state index in [0.717, 1.165) is 21.9 Å². The number of halogens is 7. The lowest BCUT2D eigenvalue weighted by atomic mass is 9.86. The monoisotopic (exact) mass is 853 g/mol. The molecule has 2 nitrogen and oxygen atoms in total. The Morgan fingerprint density at radius 1 is 0.566 bits per heavy atom. The fourth-order valence-corrected chi connectivity index (χ4v) is 5.47. The van der Waals surface area contributed by atoms with E-state index in [9.17, 15) is 13.2 Å². The minimum Gasteiger partial charge on any atom is -0.495 e. The van der Waals surface area contributed by atoms with Crippen molar-refractivity contribution in [1.82, 2.24) is 0 Å². The predicted molar refractivity (Wildman–Crippen MR) is 224 cm³/mol. The SMILES string of the molecule is CC(C)(C)c1ccc(Br)c(C(F)(F)F)c1.CC(C)(C)c1ccc(Cl)c(C#N)c1.COc1cc(C(C)(C)C)ccc1Cl.Cc1cc(C(C)(C)C)ccc1Cl. The Bertz CT molecular complexity index is 1850. The normalized spacial score (nSPS) is 11.8. The summed E-state index contributed by atoms with van der Waals surface area (Å²) in [7, 11) is 1.63. The van der Waals surface area contributed by atoms with Crippen LogP contribution in [0.1, 0.15) is 122 Å². The number of rotatable bonds is 1. The molecule has 0 N–H and O–H groups in total. The van der Waals surface area contributed by atoms with E-state index in [-0.39, 0.29) is 26.1 Å². The van der Waals surface area contributed by atoms with Crippen LogP contribution < -0.4 is 4.74 Å². The van der Waals surface area contributed by atoms with Gasteiger partial charge in [0.25, 0.3) is 0 Å². The lowest BCUT2D eigenvalue weighted by molar-refractivity contribution is -0.138. The van der Waals surface area contributed by atoms with Crippen molar-refractivity contribution in [3.8, 4) is 11.8 Å². The summed E-state index contributed by atoms with van der Waals surface area (Å²) in [5.74, 6) is 0.745. The molecule has 0 saturated carbocycles. The third-order valence-corrected chi connectivity index (χ3v) is 9.89. The summed E-state index contributed by atoms with van der Waals surface area (Å²) in [5, 5.41) is 10.8. The Kier molecular flexibility index (Phi) is 17.6. The summed E-state index contributed by atoms with van der Waals surface area (Å²) in [6.45, 7) is 27.1. The van der Waals surface area contributed by atoms with Gasteiger partial charge in [0.1, 0.15) is 11.8 Å². The average Bonchev–Trinajstić information content (AvgIpc) is 3.01. The second kappa shape index (κ2) is 19.3. The van der Waals surface area contributed by atoms with Gasteiger partial charge in [-0.05, 0) is 98.9 Å². The molecule has 0 fully saturated rings. The van der Waals surface area contributed by atoms with Crippen LogP contribution in [0, 0.1) is 18.3 Å². The molecule has 0 saturated heterocycles. The van der Waals surface area contributed by atoms with E-state index < -0.39 is 11.7 Å². The van der Waals surface area contributed by atoms with Crippen molar-refractivity contribution in [3.63, 3.8) is 0 Å². The largest absolute Gasteiger partial charge is 0.495 e. The molecule has 0 bridgehead atoms. The van der Waals surface area contributed by atoms with Crippen LogP contribution in [0.15, 0.2) is 77.3 Å². The van der Waals surface area contributed by atoms with Gasteiger partial charge in [0.15, 0.2) is 0 Å². The fraction of sp³-hybridized carbons (Fsp3) is 0.432. The molecule has 53 heavy (non-hydrogen) atoms. The summed E-state index contributed by atoms with van der Waals surface area (Å²) in [4.78, 5) is 0. The van der Waals surface area contributed by atoms with E-state index in [1.165, 1.54) is 23.3 Å². The predicted octanol–water partition coefficient (Wildman–Crippen LogP) is 15.9. The van der Waals surface area contributed by atoms with Gasteiger partial charge in [-0.2, -0.15) is 18.4 Å². The molecule has 0 aromatic heterocycles. The molecule has 0 radical (unpaired) electrons. The topological polar surface area (TPSA) is 33.0 Å². The summed E-state index contributed by atoms with van der Waals surface area (Å²) >= 11 is 20.6. The van der Waals surface area contributed by atoms with Gasteiger partial charge in [-0.3, -0.25) is 0 Å². The van der Waals surface area contributed by atoms with E-state index in [1.54, 1.807) is 19.2 Å². The summed E-state index contributed by atoms with van der Waals surface area (Å²) in [6.07, 6.45) is -4.31. The first-order chi connectivity index (χ1) is 23.9. The van der Waals surface area contributed by atoms with Crippen molar-refractivity contribution in [3.05, 3.63) is 131 Å². The Morgan fingerprint density at radius 3 is 1.34 bits per heavy atom. The lowest BCUT2D eigenvalue weighted by Gasteiger charge is -2.21. The maximum atomic E-state index is 12.6. The van der Waals surface area contributed by atoms with Gasteiger partial charge in [-0.25, -0.2) is 0 Å².